The van der Waals surface area contributed by atoms with Crippen LogP contribution in [0, 0.1) is 13.8 Å². The van der Waals surface area contributed by atoms with Gasteiger partial charge in [-0.2, -0.15) is 0 Å². The molecule has 0 aliphatic carbocycles. The van der Waals surface area contributed by atoms with E-state index in [4.69, 9.17) is 9.47 Å². The summed E-state index contributed by atoms with van der Waals surface area (Å²) < 4.78 is 10.6. The first-order valence-electron chi connectivity index (χ1n) is 8.83. The van der Waals surface area contributed by atoms with E-state index in [1.165, 1.54) is 0 Å². The minimum atomic E-state index is -0.251. The summed E-state index contributed by atoms with van der Waals surface area (Å²) in [6, 6.07) is 14.9. The first-order chi connectivity index (χ1) is 13.5. The summed E-state index contributed by atoms with van der Waals surface area (Å²) in [4.78, 5) is 16.7. The molecule has 0 saturated carbocycles. The molecule has 2 N–H and O–H groups in total. The molecule has 0 unspecified atom stereocenters. The van der Waals surface area contributed by atoms with Crippen molar-refractivity contribution in [2.45, 2.75) is 13.8 Å². The number of nitrogens with zero attached hydrogens (tertiary/aromatic N) is 1. The third-order valence-electron chi connectivity index (χ3n) is 4.16. The van der Waals surface area contributed by atoms with E-state index in [0.29, 0.717) is 17.2 Å². The van der Waals surface area contributed by atoms with Crippen LogP contribution in [0.4, 0.5) is 17.1 Å². The summed E-state index contributed by atoms with van der Waals surface area (Å²) >= 11 is 0. The van der Waals surface area contributed by atoms with Crippen molar-refractivity contribution in [1.82, 2.24) is 4.98 Å². The number of carbonyl (C=O) groups is 1. The Morgan fingerprint density at radius 1 is 0.893 bits per heavy atom. The molecular weight excluding hydrogens is 354 g/mol. The van der Waals surface area contributed by atoms with E-state index in [1.54, 1.807) is 38.6 Å². The number of methoxy groups -OCH3 is 2. The molecule has 0 spiro atoms. The highest BCUT2D eigenvalue weighted by molar-refractivity contribution is 6.03. The van der Waals surface area contributed by atoms with Gasteiger partial charge in [0.15, 0.2) is 0 Å². The highest BCUT2D eigenvalue weighted by Gasteiger charge is 2.10. The monoisotopic (exact) mass is 377 g/mol. The van der Waals surface area contributed by atoms with E-state index in [1.807, 2.05) is 38.1 Å². The number of amides is 1. The number of hydrogen-bond donors (Lipinski definition) is 2. The molecule has 0 aliphatic rings. The van der Waals surface area contributed by atoms with Gasteiger partial charge < -0.3 is 20.1 Å². The fourth-order valence-corrected chi connectivity index (χ4v) is 2.90. The first-order valence-corrected chi connectivity index (χ1v) is 8.83. The van der Waals surface area contributed by atoms with Gasteiger partial charge in [-0.05, 0) is 61.4 Å². The molecule has 1 aromatic heterocycles. The average molecular weight is 377 g/mol. The minimum Gasteiger partial charge on any atom is -0.497 e. The molecule has 1 amide bonds. The van der Waals surface area contributed by atoms with Gasteiger partial charge in [-0.1, -0.05) is 6.07 Å². The van der Waals surface area contributed by atoms with Gasteiger partial charge in [-0.15, -0.1) is 0 Å². The van der Waals surface area contributed by atoms with Gasteiger partial charge in [0.25, 0.3) is 5.91 Å². The molecule has 0 bridgehead atoms. The van der Waals surface area contributed by atoms with Crippen LogP contribution in [0.15, 0.2) is 54.7 Å². The molecule has 6 nitrogen and oxygen atoms in total. The number of carbonyl (C=O) groups excluding carboxylic acids is 1. The van der Waals surface area contributed by atoms with Crippen molar-refractivity contribution in [2.24, 2.45) is 0 Å². The number of benzene rings is 2. The van der Waals surface area contributed by atoms with Gasteiger partial charge in [0, 0.05) is 11.8 Å². The molecule has 0 radical (unpaired) electrons. The highest BCUT2D eigenvalue weighted by atomic mass is 16.5. The molecular formula is C22H23N3O3. The van der Waals surface area contributed by atoms with E-state index in [2.05, 4.69) is 21.7 Å². The van der Waals surface area contributed by atoms with E-state index in [0.717, 1.165) is 28.2 Å². The standard InChI is InChI=1S/C22H23N3O3/c1-14-9-15(2)11-17(10-14)25-22(26)20-7-5-16(13-23-20)24-19-8-6-18(27-3)12-21(19)28-4/h5-13,24H,1-4H3,(H,25,26). The van der Waals surface area contributed by atoms with Crippen molar-refractivity contribution in [3.05, 3.63) is 71.5 Å². The van der Waals surface area contributed by atoms with E-state index in [-0.39, 0.29) is 5.91 Å². The Morgan fingerprint density at radius 3 is 2.25 bits per heavy atom. The van der Waals surface area contributed by atoms with Crippen LogP contribution in [0.1, 0.15) is 21.6 Å². The van der Waals surface area contributed by atoms with Crippen LogP contribution >= 0.6 is 0 Å². The molecule has 28 heavy (non-hydrogen) atoms. The van der Waals surface area contributed by atoms with Gasteiger partial charge in [-0.25, -0.2) is 4.98 Å². The quantitative estimate of drug-likeness (QED) is 0.651. The van der Waals surface area contributed by atoms with Gasteiger partial charge in [-0.3, -0.25) is 4.79 Å². The van der Waals surface area contributed by atoms with Crippen molar-refractivity contribution < 1.29 is 14.3 Å². The number of ether oxygens (including phenoxy) is 2. The largest absolute Gasteiger partial charge is 0.497 e. The molecule has 3 aromatic rings. The second-order valence-corrected chi connectivity index (χ2v) is 6.45. The zero-order valence-corrected chi connectivity index (χ0v) is 16.4. The molecule has 1 heterocycles. The maximum Gasteiger partial charge on any atom is 0.274 e. The summed E-state index contributed by atoms with van der Waals surface area (Å²) in [5.74, 6) is 1.11. The summed E-state index contributed by atoms with van der Waals surface area (Å²) in [5, 5.41) is 6.11. The number of aryl methyl sites for hydroxylation is 2. The SMILES string of the molecule is COc1ccc(Nc2ccc(C(=O)Nc3cc(C)cc(C)c3)nc2)c(OC)c1. The van der Waals surface area contributed by atoms with Gasteiger partial charge in [0.05, 0.1) is 31.8 Å². The van der Waals surface area contributed by atoms with Crippen molar-refractivity contribution >= 4 is 23.0 Å². The zero-order chi connectivity index (χ0) is 20.1. The maximum absolute atomic E-state index is 12.4. The fourth-order valence-electron chi connectivity index (χ4n) is 2.90. The first kappa shape index (κ1) is 19.2. The molecule has 0 aliphatic heterocycles. The average Bonchev–Trinajstić information content (AvgIpc) is 2.68. The Bertz CT molecular complexity index is 965. The summed E-state index contributed by atoms with van der Waals surface area (Å²) in [7, 11) is 3.20. The highest BCUT2D eigenvalue weighted by Crippen LogP contribution is 2.31. The third-order valence-corrected chi connectivity index (χ3v) is 4.16. The van der Waals surface area contributed by atoms with Crippen molar-refractivity contribution in [1.29, 1.82) is 0 Å². The molecule has 0 fully saturated rings. The summed E-state index contributed by atoms with van der Waals surface area (Å²) in [6.45, 7) is 3.99. The fraction of sp³-hybridized carbons (Fsp3) is 0.182. The number of pyridine rings is 1. The molecule has 2 aromatic carbocycles. The lowest BCUT2D eigenvalue weighted by Crippen LogP contribution is -2.13. The topological polar surface area (TPSA) is 72.5 Å². The normalized spacial score (nSPS) is 10.3. The Balaban J connectivity index is 1.72. The lowest BCUT2D eigenvalue weighted by atomic mass is 10.1. The van der Waals surface area contributed by atoms with Crippen molar-refractivity contribution in [2.75, 3.05) is 24.9 Å². The van der Waals surface area contributed by atoms with Crippen LogP contribution < -0.4 is 20.1 Å². The minimum absolute atomic E-state index is 0.251. The van der Waals surface area contributed by atoms with E-state index >= 15 is 0 Å². The Morgan fingerprint density at radius 2 is 1.64 bits per heavy atom. The molecule has 144 valence electrons. The molecule has 0 saturated heterocycles. The predicted molar refractivity (Wildman–Crippen MR) is 111 cm³/mol. The Kier molecular flexibility index (Phi) is 5.79. The lowest BCUT2D eigenvalue weighted by molar-refractivity contribution is 0.102. The second-order valence-electron chi connectivity index (χ2n) is 6.45. The molecule has 6 heteroatoms. The Labute approximate surface area is 164 Å². The number of hydrogen-bond acceptors (Lipinski definition) is 5. The number of aromatic nitrogens is 1. The second kappa shape index (κ2) is 8.43. The van der Waals surface area contributed by atoms with Crippen molar-refractivity contribution in [3.8, 4) is 11.5 Å². The van der Waals surface area contributed by atoms with Gasteiger partial charge in [0.1, 0.15) is 17.2 Å². The van der Waals surface area contributed by atoms with Gasteiger partial charge in [0.2, 0.25) is 0 Å². The zero-order valence-electron chi connectivity index (χ0n) is 16.4. The van der Waals surface area contributed by atoms with Crippen molar-refractivity contribution in [3.63, 3.8) is 0 Å². The van der Waals surface area contributed by atoms with Crippen LogP contribution in [-0.4, -0.2) is 25.1 Å². The maximum atomic E-state index is 12.4. The Hall–Kier alpha value is -3.54. The van der Waals surface area contributed by atoms with Crippen LogP contribution in [0.3, 0.4) is 0 Å². The summed E-state index contributed by atoms with van der Waals surface area (Å²) in [5.41, 5.74) is 4.80. The predicted octanol–water partition coefficient (Wildman–Crippen LogP) is 4.71. The molecule has 0 atom stereocenters. The van der Waals surface area contributed by atoms with Crippen LogP contribution in [0.2, 0.25) is 0 Å². The van der Waals surface area contributed by atoms with Crippen LogP contribution in [-0.2, 0) is 0 Å². The van der Waals surface area contributed by atoms with Crippen LogP contribution in [0.25, 0.3) is 0 Å². The number of rotatable bonds is 6. The molecule has 3 rings (SSSR count). The number of nitrogens with one attached hydrogen (secondary N) is 2. The van der Waals surface area contributed by atoms with Gasteiger partial charge >= 0.3 is 0 Å². The summed E-state index contributed by atoms with van der Waals surface area (Å²) in [6.07, 6.45) is 1.61. The smallest absolute Gasteiger partial charge is 0.274 e. The van der Waals surface area contributed by atoms with E-state index in [9.17, 15) is 4.79 Å². The third kappa shape index (κ3) is 4.59. The van der Waals surface area contributed by atoms with E-state index < -0.39 is 0 Å². The number of anilines is 3. The van der Waals surface area contributed by atoms with Crippen LogP contribution in [0.5, 0.6) is 11.5 Å². The lowest BCUT2D eigenvalue weighted by Gasteiger charge is -2.12.